The van der Waals surface area contributed by atoms with E-state index in [1.807, 2.05) is 53.4 Å². The number of hydrogen-bond acceptors (Lipinski definition) is 2. The quantitative estimate of drug-likeness (QED) is 0.586. The fourth-order valence-electron chi connectivity index (χ4n) is 4.02. The van der Waals surface area contributed by atoms with Gasteiger partial charge in [0.05, 0.1) is 0 Å². The van der Waals surface area contributed by atoms with Gasteiger partial charge in [-0.3, -0.25) is 4.79 Å². The van der Waals surface area contributed by atoms with Gasteiger partial charge < -0.3 is 15.5 Å². The van der Waals surface area contributed by atoms with E-state index < -0.39 is 0 Å². The van der Waals surface area contributed by atoms with Crippen LogP contribution in [-0.4, -0.2) is 29.9 Å². The molecule has 3 aromatic rings. The lowest BCUT2D eigenvalue weighted by Gasteiger charge is -2.33. The molecule has 3 amide bonds. The van der Waals surface area contributed by atoms with Crippen LogP contribution in [0.4, 0.5) is 14.9 Å². The molecular formula is C26H26FN3O2. The first-order chi connectivity index (χ1) is 15.6. The first-order valence-corrected chi connectivity index (χ1v) is 10.8. The summed E-state index contributed by atoms with van der Waals surface area (Å²) in [5.41, 5.74) is 3.09. The molecule has 6 heteroatoms. The summed E-state index contributed by atoms with van der Waals surface area (Å²) >= 11 is 0. The van der Waals surface area contributed by atoms with Gasteiger partial charge in [-0.25, -0.2) is 9.18 Å². The van der Waals surface area contributed by atoms with Gasteiger partial charge in [0.25, 0.3) is 5.91 Å². The monoisotopic (exact) mass is 431 g/mol. The molecule has 164 valence electrons. The van der Waals surface area contributed by atoms with Gasteiger partial charge in [0.2, 0.25) is 0 Å². The molecule has 32 heavy (non-hydrogen) atoms. The van der Waals surface area contributed by atoms with Crippen LogP contribution in [0.5, 0.6) is 0 Å². The van der Waals surface area contributed by atoms with E-state index in [-0.39, 0.29) is 30.2 Å². The van der Waals surface area contributed by atoms with Crippen LogP contribution in [-0.2, 0) is 6.54 Å². The molecule has 0 aromatic heterocycles. The molecule has 0 unspecified atom stereocenters. The second kappa shape index (κ2) is 10.1. The molecule has 0 aliphatic carbocycles. The molecule has 1 aliphatic heterocycles. The fraction of sp³-hybridized carbons (Fsp3) is 0.231. The summed E-state index contributed by atoms with van der Waals surface area (Å²) in [7, 11) is 0. The second-order valence-electron chi connectivity index (χ2n) is 8.02. The van der Waals surface area contributed by atoms with E-state index in [0.29, 0.717) is 24.2 Å². The summed E-state index contributed by atoms with van der Waals surface area (Å²) in [5, 5.41) is 5.79. The highest BCUT2D eigenvalue weighted by Gasteiger charge is 2.25. The third-order valence-electron chi connectivity index (χ3n) is 5.70. The fourth-order valence-corrected chi connectivity index (χ4v) is 4.02. The standard InChI is InChI=1S/C26H26FN3O2/c27-23-11-4-7-19(15-23)17-28-25(31)21-9-5-8-20(16-21)22-10-6-14-30(18-22)26(32)29-24-12-2-1-3-13-24/h1-5,7-9,11-13,15-16,22H,6,10,14,17-18H2,(H,28,31)(H,29,32)/t22-/m0/s1. The molecule has 0 radical (unpaired) electrons. The summed E-state index contributed by atoms with van der Waals surface area (Å²) < 4.78 is 13.3. The van der Waals surface area contributed by atoms with Crippen LogP contribution in [0, 0.1) is 5.82 Å². The van der Waals surface area contributed by atoms with E-state index in [2.05, 4.69) is 10.6 Å². The molecule has 0 saturated carbocycles. The zero-order chi connectivity index (χ0) is 22.3. The van der Waals surface area contributed by atoms with E-state index in [1.165, 1.54) is 12.1 Å². The minimum atomic E-state index is -0.322. The maximum absolute atomic E-state index is 13.3. The second-order valence-corrected chi connectivity index (χ2v) is 8.02. The van der Waals surface area contributed by atoms with E-state index in [0.717, 1.165) is 24.1 Å². The number of para-hydroxylation sites is 1. The van der Waals surface area contributed by atoms with Crippen molar-refractivity contribution in [2.24, 2.45) is 0 Å². The number of carbonyl (C=O) groups is 2. The predicted octanol–water partition coefficient (Wildman–Crippen LogP) is 5.17. The summed E-state index contributed by atoms with van der Waals surface area (Å²) in [4.78, 5) is 27.2. The summed E-state index contributed by atoms with van der Waals surface area (Å²) in [6.07, 6.45) is 1.87. The van der Waals surface area contributed by atoms with Gasteiger partial charge in [0.15, 0.2) is 0 Å². The lowest BCUT2D eigenvalue weighted by molar-refractivity contribution is 0.0950. The molecule has 1 atom stereocenters. The number of nitrogens with one attached hydrogen (secondary N) is 2. The molecule has 0 spiro atoms. The molecule has 1 fully saturated rings. The Labute approximate surface area is 187 Å². The summed E-state index contributed by atoms with van der Waals surface area (Å²) in [5.74, 6) is -0.358. The number of piperidine rings is 1. The highest BCUT2D eigenvalue weighted by atomic mass is 19.1. The molecule has 4 rings (SSSR count). The Balaban J connectivity index is 1.38. The van der Waals surface area contributed by atoms with Crippen molar-refractivity contribution in [2.75, 3.05) is 18.4 Å². The average Bonchev–Trinajstić information content (AvgIpc) is 2.83. The van der Waals surface area contributed by atoms with Crippen LogP contribution in [0.1, 0.15) is 40.2 Å². The molecule has 3 aromatic carbocycles. The van der Waals surface area contributed by atoms with Crippen LogP contribution in [0.15, 0.2) is 78.9 Å². The SMILES string of the molecule is O=C(NCc1cccc(F)c1)c1cccc([C@H]2CCCN(C(=O)Nc3ccccc3)C2)c1. The number of likely N-dealkylation sites (tertiary alicyclic amines) is 1. The van der Waals surface area contributed by atoms with Gasteiger partial charge in [-0.05, 0) is 60.4 Å². The smallest absolute Gasteiger partial charge is 0.321 e. The normalized spacial score (nSPS) is 15.8. The number of anilines is 1. The lowest BCUT2D eigenvalue weighted by Crippen LogP contribution is -2.41. The molecule has 0 bridgehead atoms. The first-order valence-electron chi connectivity index (χ1n) is 10.8. The number of hydrogen-bond donors (Lipinski definition) is 2. The van der Waals surface area contributed by atoms with Gasteiger partial charge in [-0.2, -0.15) is 0 Å². The highest BCUT2D eigenvalue weighted by Crippen LogP contribution is 2.28. The van der Waals surface area contributed by atoms with Crippen molar-refractivity contribution in [3.8, 4) is 0 Å². The third kappa shape index (κ3) is 5.52. The largest absolute Gasteiger partial charge is 0.348 e. The van der Waals surface area contributed by atoms with Crippen molar-refractivity contribution >= 4 is 17.6 Å². The van der Waals surface area contributed by atoms with Crippen LogP contribution < -0.4 is 10.6 Å². The Morgan fingerprint density at radius 2 is 1.78 bits per heavy atom. The number of halogens is 1. The maximum Gasteiger partial charge on any atom is 0.321 e. The number of urea groups is 1. The predicted molar refractivity (Wildman–Crippen MR) is 123 cm³/mol. The third-order valence-corrected chi connectivity index (χ3v) is 5.70. The molecule has 1 aliphatic rings. The van der Waals surface area contributed by atoms with Crippen LogP contribution in [0.25, 0.3) is 0 Å². The number of benzene rings is 3. The Hall–Kier alpha value is -3.67. The summed E-state index contributed by atoms with van der Waals surface area (Å²) in [6, 6.07) is 23.0. The van der Waals surface area contributed by atoms with Gasteiger partial charge in [0.1, 0.15) is 5.82 Å². The van der Waals surface area contributed by atoms with Gasteiger partial charge >= 0.3 is 6.03 Å². The van der Waals surface area contributed by atoms with Crippen LogP contribution in [0.2, 0.25) is 0 Å². The Kier molecular flexibility index (Phi) is 6.80. The average molecular weight is 432 g/mol. The van der Waals surface area contributed by atoms with Crippen LogP contribution in [0.3, 0.4) is 0 Å². The Morgan fingerprint density at radius 3 is 2.59 bits per heavy atom. The van der Waals surface area contributed by atoms with Gasteiger partial charge in [-0.1, -0.05) is 42.5 Å². The lowest BCUT2D eigenvalue weighted by atomic mass is 9.89. The zero-order valence-electron chi connectivity index (χ0n) is 17.8. The molecule has 2 N–H and O–H groups in total. The molecule has 1 saturated heterocycles. The van der Waals surface area contributed by atoms with Gasteiger partial charge in [0, 0.05) is 36.8 Å². The van der Waals surface area contributed by atoms with E-state index in [4.69, 9.17) is 0 Å². The van der Waals surface area contributed by atoms with Crippen molar-refractivity contribution in [2.45, 2.75) is 25.3 Å². The minimum absolute atomic E-state index is 0.107. The van der Waals surface area contributed by atoms with E-state index >= 15 is 0 Å². The Morgan fingerprint density at radius 1 is 0.969 bits per heavy atom. The number of amides is 3. The molecule has 5 nitrogen and oxygen atoms in total. The van der Waals surface area contributed by atoms with Crippen molar-refractivity contribution in [1.82, 2.24) is 10.2 Å². The van der Waals surface area contributed by atoms with Crippen molar-refractivity contribution in [3.05, 3.63) is 101 Å². The first kappa shape index (κ1) is 21.6. The maximum atomic E-state index is 13.3. The van der Waals surface area contributed by atoms with Gasteiger partial charge in [-0.15, -0.1) is 0 Å². The van der Waals surface area contributed by atoms with Crippen molar-refractivity contribution < 1.29 is 14.0 Å². The van der Waals surface area contributed by atoms with Crippen LogP contribution >= 0.6 is 0 Å². The number of carbonyl (C=O) groups excluding carboxylic acids is 2. The van der Waals surface area contributed by atoms with E-state index in [9.17, 15) is 14.0 Å². The van der Waals surface area contributed by atoms with Crippen molar-refractivity contribution in [3.63, 3.8) is 0 Å². The topological polar surface area (TPSA) is 61.4 Å². The molecule has 1 heterocycles. The minimum Gasteiger partial charge on any atom is -0.348 e. The van der Waals surface area contributed by atoms with Crippen molar-refractivity contribution in [1.29, 1.82) is 0 Å². The number of nitrogens with zero attached hydrogens (tertiary/aromatic N) is 1. The Bertz CT molecular complexity index is 1090. The number of rotatable bonds is 5. The molecular weight excluding hydrogens is 405 g/mol. The summed E-state index contributed by atoms with van der Waals surface area (Å²) in [6.45, 7) is 1.58. The zero-order valence-corrected chi connectivity index (χ0v) is 17.8. The highest BCUT2D eigenvalue weighted by molar-refractivity contribution is 5.94. The van der Waals surface area contributed by atoms with E-state index in [1.54, 1.807) is 18.2 Å².